The van der Waals surface area contributed by atoms with Gasteiger partial charge in [-0.25, -0.2) is 0 Å². The number of nitrogens with one attached hydrogen (secondary N) is 1. The van der Waals surface area contributed by atoms with E-state index in [1.54, 1.807) is 0 Å². The molecule has 1 aliphatic carbocycles. The smallest absolute Gasteiger partial charge is 0.0545 e. The van der Waals surface area contributed by atoms with Crippen molar-refractivity contribution >= 4 is 11.8 Å². The van der Waals surface area contributed by atoms with Gasteiger partial charge in [-0.2, -0.15) is 0 Å². The summed E-state index contributed by atoms with van der Waals surface area (Å²) < 4.78 is 0. The van der Waals surface area contributed by atoms with Crippen LogP contribution in [0.15, 0.2) is 24.3 Å². The van der Waals surface area contributed by atoms with E-state index in [1.807, 2.05) is 11.8 Å². The highest BCUT2D eigenvalue weighted by Crippen LogP contribution is 2.36. The third-order valence-corrected chi connectivity index (χ3v) is 4.42. The summed E-state index contributed by atoms with van der Waals surface area (Å²) in [6, 6.07) is 9.69. The molecule has 0 aromatic heterocycles. The monoisotopic (exact) mass is 259 g/mol. The van der Waals surface area contributed by atoms with Crippen LogP contribution in [-0.4, -0.2) is 24.1 Å². The van der Waals surface area contributed by atoms with Crippen LogP contribution >= 0.6 is 11.8 Å². The SMILES string of the molecule is C#CCSCCNC1CC(c2ccc(C)cc2)C1. The summed E-state index contributed by atoms with van der Waals surface area (Å²) in [5.41, 5.74) is 2.85. The van der Waals surface area contributed by atoms with Gasteiger partial charge in [0.15, 0.2) is 0 Å². The first-order chi connectivity index (χ1) is 8.79. The number of terminal acetylenes is 1. The Morgan fingerprint density at radius 1 is 1.33 bits per heavy atom. The zero-order valence-corrected chi connectivity index (χ0v) is 11.8. The number of thioether (sulfide) groups is 1. The van der Waals surface area contributed by atoms with Gasteiger partial charge in [0.2, 0.25) is 0 Å². The van der Waals surface area contributed by atoms with E-state index < -0.39 is 0 Å². The van der Waals surface area contributed by atoms with Crippen LogP contribution in [0, 0.1) is 19.3 Å². The molecule has 1 N–H and O–H groups in total. The fraction of sp³-hybridized carbons (Fsp3) is 0.500. The average molecular weight is 259 g/mol. The van der Waals surface area contributed by atoms with Gasteiger partial charge >= 0.3 is 0 Å². The van der Waals surface area contributed by atoms with Crippen LogP contribution in [0.1, 0.15) is 29.9 Å². The van der Waals surface area contributed by atoms with Crippen LogP contribution in [0.25, 0.3) is 0 Å². The molecule has 0 saturated heterocycles. The van der Waals surface area contributed by atoms with Crippen LogP contribution in [0.2, 0.25) is 0 Å². The summed E-state index contributed by atoms with van der Waals surface area (Å²) in [7, 11) is 0. The standard InChI is InChI=1S/C16H21NS/c1-3-9-18-10-8-17-16-11-15(12-16)14-6-4-13(2)5-7-14/h1,4-7,15-17H,8-12H2,2H3. The summed E-state index contributed by atoms with van der Waals surface area (Å²) in [6.45, 7) is 3.22. The van der Waals surface area contributed by atoms with E-state index >= 15 is 0 Å². The van der Waals surface area contributed by atoms with Gasteiger partial charge in [-0.3, -0.25) is 0 Å². The minimum Gasteiger partial charge on any atom is -0.313 e. The van der Waals surface area contributed by atoms with Crippen molar-refractivity contribution in [3.8, 4) is 12.3 Å². The highest BCUT2D eigenvalue weighted by Gasteiger charge is 2.29. The lowest BCUT2D eigenvalue weighted by atomic mass is 9.76. The molecular weight excluding hydrogens is 238 g/mol. The van der Waals surface area contributed by atoms with E-state index in [0.29, 0.717) is 6.04 Å². The molecule has 0 amide bonds. The lowest BCUT2D eigenvalue weighted by Gasteiger charge is -2.36. The molecule has 1 aromatic carbocycles. The fourth-order valence-electron chi connectivity index (χ4n) is 2.36. The van der Waals surface area contributed by atoms with Gasteiger partial charge < -0.3 is 5.32 Å². The quantitative estimate of drug-likeness (QED) is 0.622. The van der Waals surface area contributed by atoms with E-state index in [1.165, 1.54) is 24.0 Å². The average Bonchev–Trinajstić information content (AvgIpc) is 2.33. The molecule has 0 atom stereocenters. The predicted octanol–water partition coefficient (Wildman–Crippen LogP) is 3.20. The Bertz CT molecular complexity index is 398. The van der Waals surface area contributed by atoms with E-state index in [2.05, 4.69) is 42.4 Å². The van der Waals surface area contributed by atoms with Crippen LogP contribution in [0.5, 0.6) is 0 Å². The van der Waals surface area contributed by atoms with Crippen molar-refractivity contribution in [3.63, 3.8) is 0 Å². The van der Waals surface area contributed by atoms with Crippen LogP contribution < -0.4 is 5.32 Å². The molecule has 18 heavy (non-hydrogen) atoms. The summed E-state index contributed by atoms with van der Waals surface area (Å²) in [5, 5.41) is 3.60. The van der Waals surface area contributed by atoms with Crippen LogP contribution in [-0.2, 0) is 0 Å². The number of rotatable bonds is 6. The molecule has 0 unspecified atom stereocenters. The van der Waals surface area contributed by atoms with Crippen LogP contribution in [0.3, 0.4) is 0 Å². The Kier molecular flexibility index (Phi) is 5.16. The molecule has 96 valence electrons. The van der Waals surface area contributed by atoms with E-state index in [-0.39, 0.29) is 0 Å². The number of aryl methyl sites for hydroxylation is 1. The van der Waals surface area contributed by atoms with Crippen molar-refractivity contribution in [2.45, 2.75) is 31.7 Å². The summed E-state index contributed by atoms with van der Waals surface area (Å²) in [6.07, 6.45) is 7.77. The maximum Gasteiger partial charge on any atom is 0.0545 e. The maximum atomic E-state index is 5.21. The molecule has 1 nitrogen and oxygen atoms in total. The topological polar surface area (TPSA) is 12.0 Å². The lowest BCUT2D eigenvalue weighted by molar-refractivity contribution is 0.296. The molecule has 2 rings (SSSR count). The highest BCUT2D eigenvalue weighted by atomic mass is 32.2. The normalized spacial score (nSPS) is 22.2. The van der Waals surface area contributed by atoms with Crippen molar-refractivity contribution in [2.24, 2.45) is 0 Å². The van der Waals surface area contributed by atoms with Crippen molar-refractivity contribution < 1.29 is 0 Å². The zero-order valence-electron chi connectivity index (χ0n) is 11.0. The Morgan fingerprint density at radius 2 is 2.06 bits per heavy atom. The molecule has 1 aromatic rings. The number of hydrogen-bond acceptors (Lipinski definition) is 2. The second-order valence-corrected chi connectivity index (χ2v) is 6.09. The predicted molar refractivity (Wildman–Crippen MR) is 81.1 cm³/mol. The Hall–Kier alpha value is -0.910. The summed E-state index contributed by atoms with van der Waals surface area (Å²) in [5.74, 6) is 5.37. The van der Waals surface area contributed by atoms with Crippen molar-refractivity contribution in [2.75, 3.05) is 18.1 Å². The van der Waals surface area contributed by atoms with Crippen LogP contribution in [0.4, 0.5) is 0 Å². The molecule has 1 saturated carbocycles. The van der Waals surface area contributed by atoms with Gasteiger partial charge in [0.1, 0.15) is 0 Å². The van der Waals surface area contributed by atoms with Gasteiger partial charge in [0, 0.05) is 18.3 Å². The van der Waals surface area contributed by atoms with Crippen molar-refractivity contribution in [1.82, 2.24) is 5.32 Å². The largest absolute Gasteiger partial charge is 0.313 e. The minimum atomic E-state index is 0.711. The Morgan fingerprint density at radius 3 is 2.72 bits per heavy atom. The molecule has 0 radical (unpaired) electrons. The maximum absolute atomic E-state index is 5.21. The molecular formula is C16H21NS. The molecule has 1 aliphatic rings. The second-order valence-electron chi connectivity index (χ2n) is 4.99. The van der Waals surface area contributed by atoms with Gasteiger partial charge in [-0.05, 0) is 31.2 Å². The second kappa shape index (κ2) is 6.87. The Labute approximate surface area is 115 Å². The minimum absolute atomic E-state index is 0.711. The number of benzene rings is 1. The van der Waals surface area contributed by atoms with E-state index in [9.17, 15) is 0 Å². The van der Waals surface area contributed by atoms with Gasteiger partial charge in [-0.1, -0.05) is 35.7 Å². The molecule has 0 bridgehead atoms. The number of hydrogen-bond donors (Lipinski definition) is 1. The highest BCUT2D eigenvalue weighted by molar-refractivity contribution is 7.99. The first kappa shape index (κ1) is 13.5. The van der Waals surface area contributed by atoms with Crippen molar-refractivity contribution in [1.29, 1.82) is 0 Å². The van der Waals surface area contributed by atoms with E-state index in [0.717, 1.165) is 24.0 Å². The fourth-order valence-corrected chi connectivity index (χ4v) is 2.89. The molecule has 0 heterocycles. The van der Waals surface area contributed by atoms with Gasteiger partial charge in [-0.15, -0.1) is 18.2 Å². The zero-order chi connectivity index (χ0) is 12.8. The molecule has 0 aliphatic heterocycles. The third kappa shape index (κ3) is 3.80. The van der Waals surface area contributed by atoms with Gasteiger partial charge in [0.05, 0.1) is 5.75 Å². The summed E-state index contributed by atoms with van der Waals surface area (Å²) >= 11 is 1.83. The molecule has 1 fully saturated rings. The van der Waals surface area contributed by atoms with Crippen molar-refractivity contribution in [3.05, 3.63) is 35.4 Å². The molecule has 2 heteroatoms. The van der Waals surface area contributed by atoms with Gasteiger partial charge in [0.25, 0.3) is 0 Å². The lowest BCUT2D eigenvalue weighted by Crippen LogP contribution is -2.41. The third-order valence-electron chi connectivity index (χ3n) is 3.55. The first-order valence-corrected chi connectivity index (χ1v) is 7.76. The van der Waals surface area contributed by atoms with E-state index in [4.69, 9.17) is 6.42 Å². The Balaban J connectivity index is 1.62. The first-order valence-electron chi connectivity index (χ1n) is 6.60. The molecule has 0 spiro atoms. The summed E-state index contributed by atoms with van der Waals surface area (Å²) in [4.78, 5) is 0.